The van der Waals surface area contributed by atoms with Crippen molar-refractivity contribution >= 4 is 27.5 Å². The van der Waals surface area contributed by atoms with Crippen molar-refractivity contribution in [3.8, 4) is 0 Å². The Morgan fingerprint density at radius 3 is 2.47 bits per heavy atom. The van der Waals surface area contributed by atoms with E-state index in [4.69, 9.17) is 21.8 Å². The van der Waals surface area contributed by atoms with E-state index in [2.05, 4.69) is 15.9 Å². The lowest BCUT2D eigenvalue weighted by molar-refractivity contribution is 0.499. The van der Waals surface area contributed by atoms with E-state index < -0.39 is 0 Å². The Balaban J connectivity index is 2.43. The van der Waals surface area contributed by atoms with Gasteiger partial charge in [-0.2, -0.15) is 0 Å². The summed E-state index contributed by atoms with van der Waals surface area (Å²) in [6.45, 7) is 3.82. The zero-order valence-electron chi connectivity index (χ0n) is 9.63. The molecule has 17 heavy (non-hydrogen) atoms. The molecule has 1 aromatic carbocycles. The summed E-state index contributed by atoms with van der Waals surface area (Å²) in [4.78, 5) is 0. The van der Waals surface area contributed by atoms with Crippen LogP contribution < -0.4 is 5.73 Å². The minimum atomic E-state index is -0.256. The average Bonchev–Trinajstić information content (AvgIpc) is 2.57. The maximum atomic E-state index is 6.22. The summed E-state index contributed by atoms with van der Waals surface area (Å²) in [5.41, 5.74) is 8.10. The van der Waals surface area contributed by atoms with Crippen LogP contribution >= 0.6 is 27.5 Å². The van der Waals surface area contributed by atoms with Crippen LogP contribution in [0.25, 0.3) is 0 Å². The second-order valence-electron chi connectivity index (χ2n) is 4.01. The van der Waals surface area contributed by atoms with E-state index in [1.807, 2.05) is 38.1 Å². The summed E-state index contributed by atoms with van der Waals surface area (Å²) in [5, 5.41) is 0.658. The smallest absolute Gasteiger partial charge is 0.106 e. The van der Waals surface area contributed by atoms with Crippen molar-refractivity contribution < 1.29 is 4.42 Å². The van der Waals surface area contributed by atoms with Gasteiger partial charge in [-0.3, -0.25) is 0 Å². The highest BCUT2D eigenvalue weighted by Crippen LogP contribution is 2.31. The molecule has 1 aromatic heterocycles. The van der Waals surface area contributed by atoms with Crippen LogP contribution in [0.1, 0.15) is 28.7 Å². The molecule has 0 radical (unpaired) electrons. The SMILES string of the molecule is Cc1cc(C(N)c2ccc(Br)cc2Cl)c(C)o1. The molecule has 0 saturated carbocycles. The van der Waals surface area contributed by atoms with E-state index in [0.717, 1.165) is 27.1 Å². The summed E-state index contributed by atoms with van der Waals surface area (Å²) in [6, 6.07) is 7.41. The Kier molecular flexibility index (Phi) is 3.61. The third kappa shape index (κ3) is 2.57. The van der Waals surface area contributed by atoms with Gasteiger partial charge >= 0.3 is 0 Å². The van der Waals surface area contributed by atoms with Crippen LogP contribution in [0.4, 0.5) is 0 Å². The van der Waals surface area contributed by atoms with Crippen molar-refractivity contribution in [3.05, 3.63) is 56.4 Å². The second-order valence-corrected chi connectivity index (χ2v) is 5.33. The van der Waals surface area contributed by atoms with Crippen molar-refractivity contribution in [2.45, 2.75) is 19.9 Å². The van der Waals surface area contributed by atoms with Gasteiger partial charge in [-0.1, -0.05) is 33.6 Å². The van der Waals surface area contributed by atoms with Crippen LogP contribution in [0.2, 0.25) is 5.02 Å². The van der Waals surface area contributed by atoms with Crippen molar-refractivity contribution in [3.63, 3.8) is 0 Å². The molecular weight excluding hydrogens is 302 g/mol. The van der Waals surface area contributed by atoms with Gasteiger partial charge in [0.2, 0.25) is 0 Å². The van der Waals surface area contributed by atoms with E-state index in [1.54, 1.807) is 0 Å². The first-order valence-corrected chi connectivity index (χ1v) is 6.43. The third-order valence-corrected chi connectivity index (χ3v) is 3.53. The van der Waals surface area contributed by atoms with Crippen LogP contribution in [0.3, 0.4) is 0 Å². The highest BCUT2D eigenvalue weighted by molar-refractivity contribution is 9.10. The number of nitrogens with two attached hydrogens (primary N) is 1. The molecule has 0 amide bonds. The van der Waals surface area contributed by atoms with Gasteiger partial charge in [0, 0.05) is 15.1 Å². The Labute approximate surface area is 114 Å². The molecule has 0 aliphatic rings. The predicted octanol–water partition coefficient (Wildman–Crippen LogP) is 4.36. The lowest BCUT2D eigenvalue weighted by atomic mass is 10.00. The van der Waals surface area contributed by atoms with Crippen LogP contribution in [0.15, 0.2) is 33.2 Å². The first kappa shape index (κ1) is 12.7. The highest BCUT2D eigenvalue weighted by atomic mass is 79.9. The van der Waals surface area contributed by atoms with Gasteiger partial charge in [0.25, 0.3) is 0 Å². The Bertz CT molecular complexity index is 550. The van der Waals surface area contributed by atoms with Crippen molar-refractivity contribution in [2.75, 3.05) is 0 Å². The average molecular weight is 315 g/mol. The fourth-order valence-corrected chi connectivity index (χ4v) is 2.67. The van der Waals surface area contributed by atoms with Crippen molar-refractivity contribution in [2.24, 2.45) is 5.73 Å². The number of furan rings is 1. The number of hydrogen-bond acceptors (Lipinski definition) is 2. The van der Waals surface area contributed by atoms with Gasteiger partial charge in [-0.05, 0) is 37.6 Å². The molecule has 1 unspecified atom stereocenters. The van der Waals surface area contributed by atoms with E-state index in [-0.39, 0.29) is 6.04 Å². The standard InChI is InChI=1S/C13H13BrClNO/c1-7-5-11(8(2)17-7)13(16)10-4-3-9(14)6-12(10)15/h3-6,13H,16H2,1-2H3. The number of benzene rings is 1. The Morgan fingerprint density at radius 2 is 1.94 bits per heavy atom. The second kappa shape index (κ2) is 4.84. The van der Waals surface area contributed by atoms with Crippen LogP contribution in [0, 0.1) is 13.8 Å². The van der Waals surface area contributed by atoms with Crippen molar-refractivity contribution in [1.82, 2.24) is 0 Å². The maximum Gasteiger partial charge on any atom is 0.106 e. The molecule has 2 aromatic rings. The Hall–Kier alpha value is -0.770. The van der Waals surface area contributed by atoms with Crippen LogP contribution in [-0.4, -0.2) is 0 Å². The van der Waals surface area contributed by atoms with E-state index in [0.29, 0.717) is 5.02 Å². The minimum Gasteiger partial charge on any atom is -0.466 e. The topological polar surface area (TPSA) is 39.2 Å². The summed E-state index contributed by atoms with van der Waals surface area (Å²) >= 11 is 9.57. The molecule has 90 valence electrons. The molecule has 4 heteroatoms. The van der Waals surface area contributed by atoms with E-state index in [9.17, 15) is 0 Å². The number of aryl methyl sites for hydroxylation is 2. The molecule has 2 N–H and O–H groups in total. The number of hydrogen-bond donors (Lipinski definition) is 1. The summed E-state index contributed by atoms with van der Waals surface area (Å²) in [6.07, 6.45) is 0. The summed E-state index contributed by atoms with van der Waals surface area (Å²) in [5.74, 6) is 1.70. The van der Waals surface area contributed by atoms with Crippen LogP contribution in [-0.2, 0) is 0 Å². The molecular formula is C13H13BrClNO. The molecule has 1 atom stereocenters. The minimum absolute atomic E-state index is 0.256. The predicted molar refractivity (Wildman–Crippen MR) is 73.4 cm³/mol. The molecule has 0 bridgehead atoms. The van der Waals surface area contributed by atoms with Gasteiger partial charge in [0.05, 0.1) is 6.04 Å². The number of rotatable bonds is 2. The van der Waals surface area contributed by atoms with Crippen molar-refractivity contribution in [1.29, 1.82) is 0 Å². The first-order chi connectivity index (χ1) is 7.99. The van der Waals surface area contributed by atoms with Gasteiger partial charge in [-0.25, -0.2) is 0 Å². The van der Waals surface area contributed by atoms with E-state index in [1.165, 1.54) is 0 Å². The lowest BCUT2D eigenvalue weighted by Crippen LogP contribution is -2.12. The number of halogens is 2. The summed E-state index contributed by atoms with van der Waals surface area (Å²) in [7, 11) is 0. The first-order valence-electron chi connectivity index (χ1n) is 5.26. The van der Waals surface area contributed by atoms with Crippen LogP contribution in [0.5, 0.6) is 0 Å². The van der Waals surface area contributed by atoms with Gasteiger partial charge in [-0.15, -0.1) is 0 Å². The molecule has 0 saturated heterocycles. The normalized spacial score (nSPS) is 12.8. The molecule has 0 aliphatic heterocycles. The molecule has 2 nitrogen and oxygen atoms in total. The van der Waals surface area contributed by atoms with Gasteiger partial charge in [0.15, 0.2) is 0 Å². The van der Waals surface area contributed by atoms with Gasteiger partial charge < -0.3 is 10.2 Å². The zero-order chi connectivity index (χ0) is 12.6. The fraction of sp³-hybridized carbons (Fsp3) is 0.231. The van der Waals surface area contributed by atoms with E-state index >= 15 is 0 Å². The third-order valence-electron chi connectivity index (χ3n) is 2.71. The monoisotopic (exact) mass is 313 g/mol. The lowest BCUT2D eigenvalue weighted by Gasteiger charge is -2.13. The molecule has 0 aliphatic carbocycles. The fourth-order valence-electron chi connectivity index (χ4n) is 1.88. The Morgan fingerprint density at radius 1 is 1.24 bits per heavy atom. The van der Waals surface area contributed by atoms with Gasteiger partial charge in [0.1, 0.15) is 11.5 Å². The molecule has 0 spiro atoms. The summed E-state index contributed by atoms with van der Waals surface area (Å²) < 4.78 is 6.43. The molecule has 2 rings (SSSR count). The quantitative estimate of drug-likeness (QED) is 0.894. The highest BCUT2D eigenvalue weighted by Gasteiger charge is 2.17. The molecule has 1 heterocycles. The largest absolute Gasteiger partial charge is 0.466 e. The molecule has 0 fully saturated rings. The maximum absolute atomic E-state index is 6.22. The zero-order valence-corrected chi connectivity index (χ0v) is 12.0.